The first-order valence-corrected chi connectivity index (χ1v) is 18.6. The van der Waals surface area contributed by atoms with Crippen LogP contribution in [0.2, 0.25) is 0 Å². The highest BCUT2D eigenvalue weighted by Gasteiger charge is 2.32. The SMILES string of the molecule is CC.CC/C=C/C=C(\C=C(/C)CCC)C(=O)OCC.C\C=C(C(/C(C)=N/C=C/CC)=C(/C)N1CCN(C(=O)OC(C)(C)C)C(C)C1)\C(C)C. The molecule has 0 aromatic heterocycles. The highest BCUT2D eigenvalue weighted by atomic mass is 16.6. The second kappa shape index (κ2) is 26.5. The van der Waals surface area contributed by atoms with Gasteiger partial charge < -0.3 is 19.3 Å². The average molecular weight is 684 g/mol. The zero-order valence-corrected chi connectivity index (χ0v) is 34.3. The molecule has 1 atom stereocenters. The molecule has 7 nitrogen and oxygen atoms in total. The van der Waals surface area contributed by atoms with Gasteiger partial charge in [-0.05, 0) is 105 Å². The number of hydrogen-bond donors (Lipinski definition) is 0. The zero-order valence-electron chi connectivity index (χ0n) is 34.3. The molecule has 1 aliphatic heterocycles. The molecule has 1 saturated heterocycles. The molecule has 280 valence electrons. The Kier molecular flexibility index (Phi) is 25.8. The van der Waals surface area contributed by atoms with E-state index in [2.05, 4.69) is 79.4 Å². The number of hydrogen-bond acceptors (Lipinski definition) is 6. The van der Waals surface area contributed by atoms with Gasteiger partial charge in [-0.1, -0.05) is 84.8 Å². The molecule has 0 aliphatic carbocycles. The van der Waals surface area contributed by atoms with Crippen LogP contribution in [0, 0.1) is 5.92 Å². The minimum absolute atomic E-state index is 0.0788. The normalized spacial score (nSPS) is 17.0. The number of carbonyl (C=O) groups is 2. The molecule has 0 aromatic rings. The first kappa shape index (κ1) is 47.8. The van der Waals surface area contributed by atoms with E-state index in [1.54, 1.807) is 0 Å². The summed E-state index contributed by atoms with van der Waals surface area (Å²) < 4.78 is 10.6. The van der Waals surface area contributed by atoms with E-state index in [1.165, 1.54) is 22.4 Å². The van der Waals surface area contributed by atoms with Crippen LogP contribution in [0.15, 0.2) is 75.6 Å². The summed E-state index contributed by atoms with van der Waals surface area (Å²) in [6.45, 7) is 35.4. The average Bonchev–Trinajstić information content (AvgIpc) is 3.03. The molecule has 0 bridgehead atoms. The van der Waals surface area contributed by atoms with Gasteiger partial charge in [0.2, 0.25) is 0 Å². The molecule has 0 saturated carbocycles. The number of carbonyl (C=O) groups excluding carboxylic acids is 2. The highest BCUT2D eigenvalue weighted by molar-refractivity contribution is 6.03. The molecule has 49 heavy (non-hydrogen) atoms. The lowest BCUT2D eigenvalue weighted by Crippen LogP contribution is -2.54. The van der Waals surface area contributed by atoms with Crippen molar-refractivity contribution in [3.8, 4) is 0 Å². The van der Waals surface area contributed by atoms with Crippen molar-refractivity contribution in [3.05, 3.63) is 70.6 Å². The van der Waals surface area contributed by atoms with Gasteiger partial charge in [0.15, 0.2) is 0 Å². The molecular formula is C42H73N3O4. The molecule has 0 aromatic carbocycles. The van der Waals surface area contributed by atoms with Gasteiger partial charge in [-0.15, -0.1) is 0 Å². The highest BCUT2D eigenvalue weighted by Crippen LogP contribution is 2.28. The lowest BCUT2D eigenvalue weighted by Gasteiger charge is -2.42. The Bertz CT molecular complexity index is 1190. The maximum Gasteiger partial charge on any atom is 0.410 e. The van der Waals surface area contributed by atoms with Crippen molar-refractivity contribution in [1.82, 2.24) is 9.80 Å². The maximum atomic E-state index is 12.6. The van der Waals surface area contributed by atoms with Crippen molar-refractivity contribution in [3.63, 3.8) is 0 Å². The first-order chi connectivity index (χ1) is 23.1. The summed E-state index contributed by atoms with van der Waals surface area (Å²) in [4.78, 5) is 33.2. The predicted molar refractivity (Wildman–Crippen MR) is 212 cm³/mol. The number of amides is 1. The van der Waals surface area contributed by atoms with Crippen LogP contribution in [0.25, 0.3) is 0 Å². The molecule has 7 heteroatoms. The minimum atomic E-state index is -0.478. The molecule has 1 unspecified atom stereocenters. The van der Waals surface area contributed by atoms with Crippen molar-refractivity contribution >= 4 is 17.8 Å². The predicted octanol–water partition coefficient (Wildman–Crippen LogP) is 11.4. The summed E-state index contributed by atoms with van der Waals surface area (Å²) in [6, 6.07) is 0.0788. The fraction of sp³-hybridized carbons (Fsp3) is 0.643. The molecule has 0 spiro atoms. The lowest BCUT2D eigenvalue weighted by molar-refractivity contribution is -0.138. The third-order valence-corrected chi connectivity index (χ3v) is 7.49. The van der Waals surface area contributed by atoms with Crippen molar-refractivity contribution < 1.29 is 19.1 Å². The minimum Gasteiger partial charge on any atom is -0.462 e. The molecule has 0 N–H and O–H groups in total. The van der Waals surface area contributed by atoms with Crippen LogP contribution in [0.5, 0.6) is 0 Å². The number of esters is 1. The van der Waals surface area contributed by atoms with E-state index >= 15 is 0 Å². The van der Waals surface area contributed by atoms with Crippen molar-refractivity contribution in [2.45, 2.75) is 148 Å². The van der Waals surface area contributed by atoms with E-state index in [-0.39, 0.29) is 18.1 Å². The molecular weight excluding hydrogens is 610 g/mol. The maximum absolute atomic E-state index is 12.6. The van der Waals surface area contributed by atoms with E-state index in [0.29, 0.717) is 24.6 Å². The Morgan fingerprint density at radius 2 is 1.59 bits per heavy atom. The number of aliphatic imine (C=N–C) groups is 1. The second-order valence-corrected chi connectivity index (χ2v) is 13.3. The van der Waals surface area contributed by atoms with Gasteiger partial charge in [-0.3, -0.25) is 4.99 Å². The summed E-state index contributed by atoms with van der Waals surface area (Å²) in [5, 5.41) is 0. The molecule has 1 aliphatic rings. The van der Waals surface area contributed by atoms with Crippen molar-refractivity contribution in [2.24, 2.45) is 10.9 Å². The standard InChI is InChI=1S/C25H43N3O2.C15H24O2.C2H6/c1-11-13-14-26-20(6)23(22(12-2)18(3)4)21(7)27-15-16-28(19(5)17-27)24(29)30-25(8,9)10;1-5-8-9-11-14(15(16)17-7-3)12-13(4)10-6-2;1-2/h12-14,18-19H,11,15-17H2,1-10H3;8-9,11-12H,5-7,10H2,1-4H3;1-2H3/b14-13+,22-12-,23-21-,26-20+;9-8+,13-12+,14-11+;. The second-order valence-electron chi connectivity index (χ2n) is 13.3. The Morgan fingerprint density at radius 3 is 2.06 bits per heavy atom. The number of ether oxygens (including phenoxy) is 2. The van der Waals surface area contributed by atoms with Crippen molar-refractivity contribution in [1.29, 1.82) is 0 Å². The van der Waals surface area contributed by atoms with Gasteiger partial charge in [0.25, 0.3) is 0 Å². The molecule has 1 rings (SSSR count). The zero-order chi connectivity index (χ0) is 38.2. The Hall–Kier alpha value is -3.35. The van der Waals surface area contributed by atoms with E-state index < -0.39 is 5.60 Å². The fourth-order valence-electron chi connectivity index (χ4n) is 5.22. The van der Waals surface area contributed by atoms with Crippen LogP contribution in [0.4, 0.5) is 4.79 Å². The van der Waals surface area contributed by atoms with Crippen LogP contribution in [-0.4, -0.2) is 65.5 Å². The van der Waals surface area contributed by atoms with Crippen molar-refractivity contribution in [2.75, 3.05) is 26.2 Å². The smallest absolute Gasteiger partial charge is 0.410 e. The fourth-order valence-corrected chi connectivity index (χ4v) is 5.22. The van der Waals surface area contributed by atoms with Gasteiger partial charge in [0.1, 0.15) is 5.60 Å². The monoisotopic (exact) mass is 684 g/mol. The third-order valence-electron chi connectivity index (χ3n) is 7.49. The van der Waals surface area contributed by atoms with Crippen LogP contribution >= 0.6 is 0 Å². The number of piperazine rings is 1. The van der Waals surface area contributed by atoms with Crippen LogP contribution in [0.1, 0.15) is 136 Å². The largest absolute Gasteiger partial charge is 0.462 e. The third kappa shape index (κ3) is 19.4. The number of allylic oxidation sites excluding steroid dienone is 9. The lowest BCUT2D eigenvalue weighted by atomic mass is 9.90. The van der Waals surface area contributed by atoms with E-state index in [9.17, 15) is 9.59 Å². The summed E-state index contributed by atoms with van der Waals surface area (Å²) in [7, 11) is 0. The molecule has 1 fully saturated rings. The van der Waals surface area contributed by atoms with Crippen LogP contribution in [-0.2, 0) is 14.3 Å². The summed E-state index contributed by atoms with van der Waals surface area (Å²) in [5.41, 5.74) is 6.13. The van der Waals surface area contributed by atoms with E-state index in [0.717, 1.165) is 44.5 Å². The van der Waals surface area contributed by atoms with Gasteiger partial charge >= 0.3 is 12.1 Å². The van der Waals surface area contributed by atoms with Gasteiger partial charge in [0.05, 0.1) is 12.2 Å². The van der Waals surface area contributed by atoms with Gasteiger partial charge in [-0.2, -0.15) is 0 Å². The van der Waals surface area contributed by atoms with Gasteiger partial charge in [-0.25, -0.2) is 9.59 Å². The number of nitrogens with zero attached hydrogens (tertiary/aromatic N) is 3. The molecule has 1 heterocycles. The van der Waals surface area contributed by atoms with Gasteiger partial charge in [0, 0.05) is 48.9 Å². The summed E-state index contributed by atoms with van der Waals surface area (Å²) >= 11 is 0. The summed E-state index contributed by atoms with van der Waals surface area (Å²) in [5.74, 6) is 0.157. The quantitative estimate of drug-likeness (QED) is 0.0836. The van der Waals surface area contributed by atoms with E-state index in [1.807, 2.05) is 83.9 Å². The van der Waals surface area contributed by atoms with Crippen LogP contribution < -0.4 is 0 Å². The number of rotatable bonds is 13. The molecule has 0 radical (unpaired) electrons. The topological polar surface area (TPSA) is 71.4 Å². The first-order valence-electron chi connectivity index (χ1n) is 18.6. The Balaban J connectivity index is 0. The Morgan fingerprint density at radius 1 is 0.980 bits per heavy atom. The van der Waals surface area contributed by atoms with E-state index in [4.69, 9.17) is 14.5 Å². The van der Waals surface area contributed by atoms with Crippen LogP contribution in [0.3, 0.4) is 0 Å². The molecule has 1 amide bonds. The Labute approximate surface area is 302 Å². The summed E-state index contributed by atoms with van der Waals surface area (Å²) in [6.07, 6.45) is 17.6.